The molecule has 0 aromatic heterocycles. The van der Waals surface area contributed by atoms with Crippen LogP contribution >= 0.6 is 23.2 Å². The van der Waals surface area contributed by atoms with Crippen molar-refractivity contribution in [3.05, 3.63) is 82.1 Å². The van der Waals surface area contributed by atoms with Crippen molar-refractivity contribution in [3.8, 4) is 16.9 Å². The lowest BCUT2D eigenvalue weighted by Gasteiger charge is -2.16. The quantitative estimate of drug-likeness (QED) is 0.359. The number of rotatable bonds is 6. The van der Waals surface area contributed by atoms with Crippen LogP contribution in [0.5, 0.6) is 5.75 Å². The summed E-state index contributed by atoms with van der Waals surface area (Å²) >= 11 is 11.8. The van der Waals surface area contributed by atoms with Crippen molar-refractivity contribution in [1.82, 2.24) is 0 Å². The van der Waals surface area contributed by atoms with Crippen molar-refractivity contribution in [3.63, 3.8) is 0 Å². The fourth-order valence-electron chi connectivity index (χ4n) is 2.84. The second-order valence-corrected chi connectivity index (χ2v) is 9.35. The molecule has 0 N–H and O–H groups in total. The normalized spacial score (nSPS) is 12.1. The van der Waals surface area contributed by atoms with Crippen LogP contribution in [0.4, 0.5) is 17.6 Å². The highest BCUT2D eigenvalue weighted by molar-refractivity contribution is 7.90. The maximum Gasteiger partial charge on any atom is 0.422 e. The molecular formula is C21H14Cl2F4O3S. The molecule has 3 nitrogen and oxygen atoms in total. The highest BCUT2D eigenvalue weighted by Gasteiger charge is 2.31. The molecule has 0 saturated heterocycles. The van der Waals surface area contributed by atoms with E-state index in [0.29, 0.717) is 5.56 Å². The van der Waals surface area contributed by atoms with Gasteiger partial charge in [-0.05, 0) is 35.4 Å². The fraction of sp³-hybridized carbons (Fsp3) is 0.143. The van der Waals surface area contributed by atoms with Crippen LogP contribution in [-0.4, -0.2) is 21.2 Å². The third-order valence-corrected chi connectivity index (χ3v) is 6.35. The molecule has 3 rings (SSSR count). The fourth-order valence-corrected chi connectivity index (χ4v) is 5.05. The van der Waals surface area contributed by atoms with Gasteiger partial charge in [0.1, 0.15) is 10.7 Å². The number of sulfone groups is 1. The van der Waals surface area contributed by atoms with E-state index in [4.69, 9.17) is 23.2 Å². The average molecular weight is 493 g/mol. The van der Waals surface area contributed by atoms with Crippen molar-refractivity contribution >= 4 is 33.0 Å². The first-order chi connectivity index (χ1) is 14.5. The minimum atomic E-state index is -4.72. The second kappa shape index (κ2) is 9.06. The molecule has 0 amide bonds. The predicted molar refractivity (Wildman–Crippen MR) is 111 cm³/mol. The predicted octanol–water partition coefficient (Wildman–Crippen LogP) is 6.71. The second-order valence-electron chi connectivity index (χ2n) is 6.55. The van der Waals surface area contributed by atoms with Gasteiger partial charge >= 0.3 is 6.18 Å². The zero-order valence-electron chi connectivity index (χ0n) is 15.6. The summed E-state index contributed by atoms with van der Waals surface area (Å²) in [5.74, 6) is -2.31. The molecule has 0 atom stereocenters. The molecule has 0 saturated carbocycles. The Balaban J connectivity index is 2.01. The Morgan fingerprint density at radius 1 is 0.903 bits per heavy atom. The Bertz CT molecular complexity index is 1200. The molecule has 164 valence electrons. The van der Waals surface area contributed by atoms with E-state index >= 15 is 0 Å². The third kappa shape index (κ3) is 5.90. The summed E-state index contributed by atoms with van der Waals surface area (Å²) < 4.78 is 82.8. The molecule has 31 heavy (non-hydrogen) atoms. The maximum absolute atomic E-state index is 14.4. The molecular weight excluding hydrogens is 479 g/mol. The van der Waals surface area contributed by atoms with E-state index < -0.39 is 49.9 Å². The Kier molecular flexibility index (Phi) is 6.83. The first-order valence-electron chi connectivity index (χ1n) is 8.71. The lowest BCUT2D eigenvalue weighted by atomic mass is 10.0. The van der Waals surface area contributed by atoms with E-state index in [0.717, 1.165) is 23.8 Å². The lowest BCUT2D eigenvalue weighted by Crippen LogP contribution is -2.20. The maximum atomic E-state index is 14.4. The van der Waals surface area contributed by atoms with E-state index in [1.165, 1.54) is 12.1 Å². The van der Waals surface area contributed by atoms with Crippen molar-refractivity contribution in [2.24, 2.45) is 0 Å². The Morgan fingerprint density at radius 2 is 1.58 bits per heavy atom. The number of ether oxygens (including phenoxy) is 1. The number of alkyl halides is 3. The SMILES string of the molecule is O=S(=O)(Cc1cc(-c2ccccc2)ccc1F)c1cc(Cl)cc(Cl)c1OCC(F)(F)F. The molecule has 3 aromatic rings. The van der Waals surface area contributed by atoms with E-state index in [2.05, 4.69) is 4.74 Å². The van der Waals surface area contributed by atoms with Crippen LogP contribution in [0.15, 0.2) is 65.6 Å². The first-order valence-corrected chi connectivity index (χ1v) is 11.1. The Hall–Kier alpha value is -2.29. The van der Waals surface area contributed by atoms with Crippen LogP contribution in [-0.2, 0) is 15.6 Å². The average Bonchev–Trinajstić information content (AvgIpc) is 2.68. The molecule has 0 aliphatic rings. The van der Waals surface area contributed by atoms with Gasteiger partial charge in [-0.2, -0.15) is 13.2 Å². The summed E-state index contributed by atoms with van der Waals surface area (Å²) in [6.45, 7) is -1.76. The minimum Gasteiger partial charge on any atom is -0.481 e. The zero-order valence-corrected chi connectivity index (χ0v) is 17.9. The number of hydrogen-bond donors (Lipinski definition) is 0. The molecule has 0 bridgehead atoms. The smallest absolute Gasteiger partial charge is 0.422 e. The van der Waals surface area contributed by atoms with Crippen LogP contribution in [0.25, 0.3) is 11.1 Å². The van der Waals surface area contributed by atoms with Gasteiger partial charge in [-0.15, -0.1) is 0 Å². The van der Waals surface area contributed by atoms with Crippen molar-refractivity contribution < 1.29 is 30.7 Å². The van der Waals surface area contributed by atoms with Crippen LogP contribution in [0.3, 0.4) is 0 Å². The summed E-state index contributed by atoms with van der Waals surface area (Å²) in [5, 5.41) is -0.532. The van der Waals surface area contributed by atoms with Crippen LogP contribution in [0.2, 0.25) is 10.0 Å². The van der Waals surface area contributed by atoms with Gasteiger partial charge in [0, 0.05) is 10.6 Å². The zero-order chi connectivity index (χ0) is 22.8. The van der Waals surface area contributed by atoms with Crippen LogP contribution in [0.1, 0.15) is 5.56 Å². The minimum absolute atomic E-state index is 0.124. The van der Waals surface area contributed by atoms with Gasteiger partial charge in [0.15, 0.2) is 22.2 Å². The molecule has 10 heteroatoms. The van der Waals surface area contributed by atoms with Gasteiger partial charge in [-0.25, -0.2) is 12.8 Å². The van der Waals surface area contributed by atoms with Crippen molar-refractivity contribution in [2.75, 3.05) is 6.61 Å². The van der Waals surface area contributed by atoms with E-state index in [1.54, 1.807) is 30.3 Å². The first kappa shape index (κ1) is 23.4. The van der Waals surface area contributed by atoms with E-state index in [1.807, 2.05) is 0 Å². The number of benzene rings is 3. The van der Waals surface area contributed by atoms with Crippen molar-refractivity contribution in [1.29, 1.82) is 0 Å². The third-order valence-electron chi connectivity index (χ3n) is 4.19. The largest absolute Gasteiger partial charge is 0.481 e. The van der Waals surface area contributed by atoms with Crippen LogP contribution < -0.4 is 4.74 Å². The Morgan fingerprint density at radius 3 is 2.23 bits per heavy atom. The summed E-state index contributed by atoms with van der Waals surface area (Å²) in [6, 6.07) is 14.8. The molecule has 0 heterocycles. The summed E-state index contributed by atoms with van der Waals surface area (Å²) in [4.78, 5) is -0.654. The molecule has 0 spiro atoms. The van der Waals surface area contributed by atoms with Crippen LogP contribution in [0, 0.1) is 5.82 Å². The molecule has 0 unspecified atom stereocenters. The highest BCUT2D eigenvalue weighted by atomic mass is 35.5. The Labute approximate surface area is 186 Å². The van der Waals surface area contributed by atoms with Gasteiger partial charge in [-0.1, -0.05) is 59.6 Å². The summed E-state index contributed by atoms with van der Waals surface area (Å²) in [7, 11) is -4.38. The lowest BCUT2D eigenvalue weighted by molar-refractivity contribution is -0.153. The standard InChI is InChI=1S/C21H14Cl2F4O3S/c22-16-9-17(23)20(30-12-21(25,26)27)19(10-16)31(28,29)11-15-8-14(6-7-18(15)24)13-4-2-1-3-5-13/h1-10H,11-12H2. The van der Waals surface area contributed by atoms with Gasteiger partial charge in [0.25, 0.3) is 0 Å². The number of halogens is 6. The van der Waals surface area contributed by atoms with E-state index in [-0.39, 0.29) is 10.6 Å². The number of hydrogen-bond acceptors (Lipinski definition) is 3. The highest BCUT2D eigenvalue weighted by Crippen LogP contribution is 2.38. The molecule has 0 aliphatic heterocycles. The van der Waals surface area contributed by atoms with Gasteiger partial charge < -0.3 is 4.74 Å². The van der Waals surface area contributed by atoms with Gasteiger partial charge in [0.2, 0.25) is 0 Å². The van der Waals surface area contributed by atoms with E-state index in [9.17, 15) is 26.0 Å². The monoisotopic (exact) mass is 492 g/mol. The van der Waals surface area contributed by atoms with Crippen molar-refractivity contribution in [2.45, 2.75) is 16.8 Å². The van der Waals surface area contributed by atoms with Gasteiger partial charge in [0.05, 0.1) is 10.8 Å². The van der Waals surface area contributed by atoms with Gasteiger partial charge in [-0.3, -0.25) is 0 Å². The molecule has 3 aromatic carbocycles. The molecule has 0 aliphatic carbocycles. The molecule has 0 fully saturated rings. The topological polar surface area (TPSA) is 43.4 Å². The summed E-state index contributed by atoms with van der Waals surface area (Å²) in [6.07, 6.45) is -4.72. The molecule has 0 radical (unpaired) electrons. The summed E-state index contributed by atoms with van der Waals surface area (Å²) in [5.41, 5.74) is 1.14.